The predicted molar refractivity (Wildman–Crippen MR) is 155 cm³/mol. The van der Waals surface area contributed by atoms with Crippen molar-refractivity contribution in [2.24, 2.45) is 0 Å². The van der Waals surface area contributed by atoms with Gasteiger partial charge >= 0.3 is 0 Å². The third-order valence-corrected chi connectivity index (χ3v) is 7.64. The SMILES string of the molecule is Cc1cccc(Nc2nc(N)c(C(=O)c3ccc(C(=O)c4sc(Nc5cccc(C)c5)nc4N)cc3)s2)c1. The Morgan fingerprint density at radius 3 is 1.42 bits per heavy atom. The molecule has 0 aliphatic heterocycles. The second kappa shape index (κ2) is 10.4. The number of benzene rings is 3. The smallest absolute Gasteiger partial charge is 0.206 e. The van der Waals surface area contributed by atoms with Crippen LogP contribution >= 0.6 is 22.7 Å². The standard InChI is InChI=1S/C28H24N6O2S2/c1-15-5-3-7-19(13-15)31-27-33-25(29)23(37-27)21(35)17-9-11-18(12-10-17)22(36)24-26(30)34-28(38-24)32-20-8-4-6-16(2)14-20/h3-14H,29-30H2,1-2H3,(H,31,33)(H,32,34). The Hall–Kier alpha value is -4.54. The minimum absolute atomic E-state index is 0.154. The number of anilines is 6. The van der Waals surface area contributed by atoms with Gasteiger partial charge in [0.25, 0.3) is 0 Å². The number of hydrogen-bond acceptors (Lipinski definition) is 10. The third-order valence-electron chi connectivity index (χ3n) is 5.67. The summed E-state index contributed by atoms with van der Waals surface area (Å²) in [7, 11) is 0. The van der Waals surface area contributed by atoms with Crippen molar-refractivity contribution in [1.29, 1.82) is 0 Å². The van der Waals surface area contributed by atoms with Gasteiger partial charge in [-0.1, -0.05) is 71.2 Å². The minimum atomic E-state index is -0.266. The molecular formula is C28H24N6O2S2. The van der Waals surface area contributed by atoms with Crippen molar-refractivity contribution in [2.75, 3.05) is 22.1 Å². The Labute approximate surface area is 227 Å². The van der Waals surface area contributed by atoms with Gasteiger partial charge in [-0.3, -0.25) is 9.59 Å². The molecule has 5 rings (SSSR count). The molecule has 10 heteroatoms. The highest BCUT2D eigenvalue weighted by atomic mass is 32.1. The van der Waals surface area contributed by atoms with E-state index in [2.05, 4.69) is 20.6 Å². The molecular weight excluding hydrogens is 516 g/mol. The van der Waals surface area contributed by atoms with E-state index >= 15 is 0 Å². The summed E-state index contributed by atoms with van der Waals surface area (Å²) in [6, 6.07) is 22.1. The fraction of sp³-hybridized carbons (Fsp3) is 0.0714. The quantitative estimate of drug-likeness (QED) is 0.168. The summed E-state index contributed by atoms with van der Waals surface area (Å²) in [4.78, 5) is 35.5. The molecule has 2 aromatic heterocycles. The molecule has 0 amide bonds. The molecule has 38 heavy (non-hydrogen) atoms. The number of nitrogens with one attached hydrogen (secondary N) is 2. The van der Waals surface area contributed by atoms with Crippen molar-refractivity contribution in [3.05, 3.63) is 105 Å². The van der Waals surface area contributed by atoms with Gasteiger partial charge in [0.15, 0.2) is 10.3 Å². The summed E-state index contributed by atoms with van der Waals surface area (Å²) < 4.78 is 0. The first-order valence-corrected chi connectivity index (χ1v) is 13.3. The summed E-state index contributed by atoms with van der Waals surface area (Å²) in [5.41, 5.74) is 16.8. The molecule has 0 fully saturated rings. The molecule has 0 aliphatic rings. The molecule has 2 heterocycles. The summed E-state index contributed by atoms with van der Waals surface area (Å²) in [6.45, 7) is 3.99. The van der Waals surface area contributed by atoms with E-state index in [0.29, 0.717) is 31.1 Å². The molecule has 0 bridgehead atoms. The molecule has 0 radical (unpaired) electrons. The topological polar surface area (TPSA) is 136 Å². The Balaban J connectivity index is 1.30. The van der Waals surface area contributed by atoms with Crippen LogP contribution in [0.3, 0.4) is 0 Å². The van der Waals surface area contributed by atoms with Crippen LogP contribution in [0.25, 0.3) is 0 Å². The van der Waals surface area contributed by atoms with Gasteiger partial charge in [0, 0.05) is 22.5 Å². The molecule has 0 atom stereocenters. The van der Waals surface area contributed by atoms with E-state index in [1.54, 1.807) is 24.3 Å². The van der Waals surface area contributed by atoms with Crippen LogP contribution in [-0.2, 0) is 0 Å². The highest BCUT2D eigenvalue weighted by molar-refractivity contribution is 7.18. The first-order valence-electron chi connectivity index (χ1n) is 11.7. The Morgan fingerprint density at radius 2 is 1.05 bits per heavy atom. The lowest BCUT2D eigenvalue weighted by Gasteiger charge is -2.03. The number of carbonyl (C=O) groups excluding carboxylic acids is 2. The number of thiazole rings is 2. The molecule has 8 nitrogen and oxygen atoms in total. The Morgan fingerprint density at radius 1 is 0.658 bits per heavy atom. The van der Waals surface area contributed by atoms with E-state index in [9.17, 15) is 9.59 Å². The number of carbonyl (C=O) groups is 2. The number of hydrogen-bond donors (Lipinski definition) is 4. The van der Waals surface area contributed by atoms with Crippen LogP contribution in [0.5, 0.6) is 0 Å². The Kier molecular flexibility index (Phi) is 6.91. The molecule has 6 N–H and O–H groups in total. The van der Waals surface area contributed by atoms with Gasteiger partial charge in [-0.2, -0.15) is 0 Å². The van der Waals surface area contributed by atoms with Gasteiger partial charge in [0.2, 0.25) is 11.6 Å². The van der Waals surface area contributed by atoms with E-state index in [-0.39, 0.29) is 23.2 Å². The lowest BCUT2D eigenvalue weighted by molar-refractivity contribution is 0.103. The fourth-order valence-corrected chi connectivity index (χ4v) is 5.56. The number of nitrogens with zero attached hydrogens (tertiary/aromatic N) is 2. The van der Waals surface area contributed by atoms with E-state index in [0.717, 1.165) is 22.5 Å². The zero-order chi connectivity index (χ0) is 26.8. The van der Waals surface area contributed by atoms with Crippen molar-refractivity contribution in [3.63, 3.8) is 0 Å². The number of aryl methyl sites for hydroxylation is 2. The van der Waals surface area contributed by atoms with Gasteiger partial charge in [-0.15, -0.1) is 0 Å². The van der Waals surface area contributed by atoms with E-state index < -0.39 is 0 Å². The first-order chi connectivity index (χ1) is 18.3. The third kappa shape index (κ3) is 5.41. The zero-order valence-corrected chi connectivity index (χ0v) is 22.2. The van der Waals surface area contributed by atoms with Crippen molar-refractivity contribution in [2.45, 2.75) is 13.8 Å². The highest BCUT2D eigenvalue weighted by Gasteiger charge is 2.21. The van der Waals surface area contributed by atoms with Crippen LogP contribution in [0, 0.1) is 13.8 Å². The van der Waals surface area contributed by atoms with Gasteiger partial charge in [0.05, 0.1) is 0 Å². The Bertz CT molecular complexity index is 1530. The van der Waals surface area contributed by atoms with Gasteiger partial charge < -0.3 is 22.1 Å². The molecule has 0 unspecified atom stereocenters. The average molecular weight is 541 g/mol. The molecule has 190 valence electrons. The number of ketones is 2. The number of aromatic nitrogens is 2. The summed E-state index contributed by atoms with van der Waals surface area (Å²) in [5.74, 6) is -0.223. The molecule has 0 saturated carbocycles. The number of nitrogens with two attached hydrogens (primary N) is 2. The van der Waals surface area contributed by atoms with Gasteiger partial charge in [0.1, 0.15) is 21.4 Å². The fourth-order valence-electron chi connectivity index (χ4n) is 3.82. The molecule has 3 aromatic carbocycles. The van der Waals surface area contributed by atoms with E-state index in [4.69, 9.17) is 11.5 Å². The predicted octanol–water partition coefficient (Wildman–Crippen LogP) is 6.33. The van der Waals surface area contributed by atoms with Crippen molar-refractivity contribution in [1.82, 2.24) is 9.97 Å². The van der Waals surface area contributed by atoms with E-state index in [1.807, 2.05) is 62.4 Å². The first kappa shape index (κ1) is 25.1. The molecule has 0 saturated heterocycles. The lowest BCUT2D eigenvalue weighted by Crippen LogP contribution is -2.05. The monoisotopic (exact) mass is 540 g/mol. The average Bonchev–Trinajstić information content (AvgIpc) is 3.44. The number of nitrogen functional groups attached to an aromatic ring is 2. The van der Waals surface area contributed by atoms with Gasteiger partial charge in [-0.25, -0.2) is 9.97 Å². The summed E-state index contributed by atoms with van der Waals surface area (Å²) in [6.07, 6.45) is 0. The van der Waals surface area contributed by atoms with Gasteiger partial charge in [-0.05, 0) is 49.2 Å². The second-order valence-corrected chi connectivity index (χ2v) is 10.7. The lowest BCUT2D eigenvalue weighted by atomic mass is 10.0. The molecule has 5 aromatic rings. The normalized spacial score (nSPS) is 10.8. The van der Waals surface area contributed by atoms with Crippen LogP contribution in [-0.4, -0.2) is 21.5 Å². The van der Waals surface area contributed by atoms with Crippen LogP contribution < -0.4 is 22.1 Å². The van der Waals surface area contributed by atoms with Crippen LogP contribution in [0.2, 0.25) is 0 Å². The maximum Gasteiger partial charge on any atom is 0.206 e. The largest absolute Gasteiger partial charge is 0.382 e. The summed E-state index contributed by atoms with van der Waals surface area (Å²) >= 11 is 2.37. The zero-order valence-electron chi connectivity index (χ0n) is 20.6. The maximum atomic E-state index is 13.1. The van der Waals surface area contributed by atoms with Crippen molar-refractivity contribution in [3.8, 4) is 0 Å². The number of rotatable bonds is 8. The molecule has 0 spiro atoms. The van der Waals surface area contributed by atoms with Crippen molar-refractivity contribution >= 4 is 67.5 Å². The minimum Gasteiger partial charge on any atom is -0.382 e. The summed E-state index contributed by atoms with van der Waals surface area (Å²) in [5, 5.41) is 7.43. The maximum absolute atomic E-state index is 13.1. The van der Waals surface area contributed by atoms with Crippen LogP contribution in [0.1, 0.15) is 41.6 Å². The van der Waals surface area contributed by atoms with E-state index in [1.165, 1.54) is 22.7 Å². The van der Waals surface area contributed by atoms with Crippen molar-refractivity contribution < 1.29 is 9.59 Å². The second-order valence-electron chi connectivity index (χ2n) is 8.69. The highest BCUT2D eigenvalue weighted by Crippen LogP contribution is 2.32. The van der Waals surface area contributed by atoms with Crippen LogP contribution in [0.4, 0.5) is 33.3 Å². The molecule has 0 aliphatic carbocycles. The van der Waals surface area contributed by atoms with Crippen LogP contribution in [0.15, 0.2) is 72.8 Å².